The van der Waals surface area contributed by atoms with Crippen molar-refractivity contribution in [2.75, 3.05) is 20.8 Å². The first kappa shape index (κ1) is 16.5. The molecule has 1 rings (SSSR count). The number of rotatable bonds is 5. The van der Waals surface area contributed by atoms with Gasteiger partial charge in [-0.15, -0.1) is 12.4 Å². The van der Waals surface area contributed by atoms with Crippen LogP contribution in [0.15, 0.2) is 18.2 Å². The molecule has 0 heterocycles. The average molecular weight is 275 g/mol. The van der Waals surface area contributed by atoms with Crippen LogP contribution in [-0.4, -0.2) is 32.7 Å². The first-order valence-electron chi connectivity index (χ1n) is 5.34. The highest BCUT2D eigenvalue weighted by Gasteiger charge is 2.11. The molecule has 0 bridgehead atoms. The molecule has 5 nitrogen and oxygen atoms in total. The van der Waals surface area contributed by atoms with Gasteiger partial charge in [-0.25, -0.2) is 0 Å². The number of benzene rings is 1. The number of hydrogen-bond donors (Lipinski definition) is 2. The monoisotopic (exact) mass is 274 g/mol. The molecule has 1 amide bonds. The molecule has 6 heteroatoms. The summed E-state index contributed by atoms with van der Waals surface area (Å²) in [5.41, 5.74) is 5.93. The molecular weight excluding hydrogens is 256 g/mol. The van der Waals surface area contributed by atoms with Crippen molar-refractivity contribution in [2.45, 2.75) is 13.0 Å². The zero-order valence-corrected chi connectivity index (χ0v) is 11.5. The minimum Gasteiger partial charge on any atom is -0.497 e. The van der Waals surface area contributed by atoms with Gasteiger partial charge in [0.05, 0.1) is 14.2 Å². The molecule has 1 aromatic carbocycles. The number of amides is 1. The number of hydrogen-bond acceptors (Lipinski definition) is 4. The molecule has 0 fully saturated rings. The Hall–Kier alpha value is -1.46. The Morgan fingerprint density at radius 1 is 1.28 bits per heavy atom. The van der Waals surface area contributed by atoms with Crippen molar-refractivity contribution >= 4 is 18.3 Å². The van der Waals surface area contributed by atoms with Gasteiger partial charge in [0.1, 0.15) is 11.5 Å². The Balaban J connectivity index is 0.00000289. The van der Waals surface area contributed by atoms with E-state index in [1.165, 1.54) is 0 Å². The molecule has 1 aromatic rings. The van der Waals surface area contributed by atoms with Crippen molar-refractivity contribution in [3.8, 4) is 11.5 Å². The fourth-order valence-electron chi connectivity index (χ4n) is 1.30. The van der Waals surface area contributed by atoms with E-state index in [0.29, 0.717) is 23.6 Å². The number of carbonyl (C=O) groups excluding carboxylic acids is 1. The van der Waals surface area contributed by atoms with E-state index in [-0.39, 0.29) is 24.4 Å². The van der Waals surface area contributed by atoms with Crippen molar-refractivity contribution in [1.82, 2.24) is 5.32 Å². The lowest BCUT2D eigenvalue weighted by molar-refractivity contribution is 0.0940. The number of halogens is 1. The fourth-order valence-corrected chi connectivity index (χ4v) is 1.30. The fraction of sp³-hybridized carbons (Fsp3) is 0.417. The number of ether oxygens (including phenoxy) is 2. The van der Waals surface area contributed by atoms with Crippen LogP contribution in [0.4, 0.5) is 0 Å². The van der Waals surface area contributed by atoms with Gasteiger partial charge in [0.2, 0.25) is 0 Å². The number of carbonyl (C=O) groups is 1. The van der Waals surface area contributed by atoms with Crippen LogP contribution in [0.2, 0.25) is 0 Å². The third-order valence-corrected chi connectivity index (χ3v) is 2.34. The summed E-state index contributed by atoms with van der Waals surface area (Å²) in [6.45, 7) is 2.24. The predicted octanol–water partition coefficient (Wildman–Crippen LogP) is 1.20. The normalized spacial score (nSPS) is 11.1. The predicted molar refractivity (Wildman–Crippen MR) is 72.8 cm³/mol. The maximum atomic E-state index is 11.9. The number of methoxy groups -OCH3 is 2. The molecule has 3 N–H and O–H groups in total. The van der Waals surface area contributed by atoms with Crippen LogP contribution in [0, 0.1) is 0 Å². The SMILES string of the molecule is COc1cc(OC)cc(C(=O)N[C@H](C)CN)c1.Cl. The van der Waals surface area contributed by atoms with Gasteiger partial charge in [0.15, 0.2) is 0 Å². The van der Waals surface area contributed by atoms with E-state index in [1.54, 1.807) is 32.4 Å². The summed E-state index contributed by atoms with van der Waals surface area (Å²) >= 11 is 0. The average Bonchev–Trinajstić information content (AvgIpc) is 2.37. The highest BCUT2D eigenvalue weighted by atomic mass is 35.5. The molecule has 0 saturated carbocycles. The molecule has 18 heavy (non-hydrogen) atoms. The Kier molecular flexibility index (Phi) is 7.16. The second-order valence-corrected chi connectivity index (χ2v) is 3.71. The Labute approximate surface area is 113 Å². The largest absolute Gasteiger partial charge is 0.497 e. The maximum absolute atomic E-state index is 11.9. The molecular formula is C12H19ClN2O3. The summed E-state index contributed by atoms with van der Waals surface area (Å²) in [7, 11) is 3.08. The van der Waals surface area contributed by atoms with Crippen LogP contribution in [0.1, 0.15) is 17.3 Å². The molecule has 0 saturated heterocycles. The smallest absolute Gasteiger partial charge is 0.251 e. The van der Waals surface area contributed by atoms with Crippen LogP contribution in [0.5, 0.6) is 11.5 Å². The zero-order chi connectivity index (χ0) is 12.8. The molecule has 0 aliphatic heterocycles. The lowest BCUT2D eigenvalue weighted by Gasteiger charge is -2.12. The topological polar surface area (TPSA) is 73.6 Å². The van der Waals surface area contributed by atoms with E-state index in [4.69, 9.17) is 15.2 Å². The van der Waals surface area contributed by atoms with Crippen LogP contribution in [0.25, 0.3) is 0 Å². The first-order valence-corrected chi connectivity index (χ1v) is 5.34. The van der Waals surface area contributed by atoms with Crippen molar-refractivity contribution in [1.29, 1.82) is 0 Å². The molecule has 102 valence electrons. The van der Waals surface area contributed by atoms with E-state index in [0.717, 1.165) is 0 Å². The Bertz CT molecular complexity index is 377. The van der Waals surface area contributed by atoms with Gasteiger partial charge >= 0.3 is 0 Å². The summed E-state index contributed by atoms with van der Waals surface area (Å²) in [5, 5.41) is 2.77. The lowest BCUT2D eigenvalue weighted by Crippen LogP contribution is -2.37. The standard InChI is InChI=1S/C12H18N2O3.ClH/c1-8(7-13)14-12(15)9-4-10(16-2)6-11(5-9)17-3;/h4-6,8H,7,13H2,1-3H3,(H,14,15);1H/t8-;/m1./s1. The van der Waals surface area contributed by atoms with Gasteiger partial charge in [-0.1, -0.05) is 0 Å². The van der Waals surface area contributed by atoms with Crippen molar-refractivity contribution in [3.05, 3.63) is 23.8 Å². The van der Waals surface area contributed by atoms with Gasteiger partial charge < -0.3 is 20.5 Å². The zero-order valence-electron chi connectivity index (χ0n) is 10.7. The van der Waals surface area contributed by atoms with Gasteiger partial charge in [-0.05, 0) is 19.1 Å². The Morgan fingerprint density at radius 2 is 1.78 bits per heavy atom. The second-order valence-electron chi connectivity index (χ2n) is 3.71. The van der Waals surface area contributed by atoms with Crippen LogP contribution in [-0.2, 0) is 0 Å². The third kappa shape index (κ3) is 4.43. The van der Waals surface area contributed by atoms with E-state index >= 15 is 0 Å². The van der Waals surface area contributed by atoms with Crippen molar-refractivity contribution in [2.24, 2.45) is 5.73 Å². The van der Waals surface area contributed by atoms with Crippen LogP contribution < -0.4 is 20.5 Å². The van der Waals surface area contributed by atoms with Crippen molar-refractivity contribution < 1.29 is 14.3 Å². The quantitative estimate of drug-likeness (QED) is 0.846. The molecule has 0 aliphatic rings. The van der Waals surface area contributed by atoms with Gasteiger partial charge in [-0.2, -0.15) is 0 Å². The van der Waals surface area contributed by atoms with E-state index in [1.807, 2.05) is 6.92 Å². The molecule has 0 aliphatic carbocycles. The van der Waals surface area contributed by atoms with Crippen LogP contribution >= 0.6 is 12.4 Å². The highest BCUT2D eigenvalue weighted by Crippen LogP contribution is 2.22. The summed E-state index contributed by atoms with van der Waals surface area (Å²) < 4.78 is 10.2. The van der Waals surface area contributed by atoms with E-state index in [9.17, 15) is 4.79 Å². The molecule has 0 radical (unpaired) electrons. The molecule has 0 unspecified atom stereocenters. The second kappa shape index (κ2) is 7.79. The summed E-state index contributed by atoms with van der Waals surface area (Å²) in [6, 6.07) is 4.95. The summed E-state index contributed by atoms with van der Waals surface area (Å²) in [6.07, 6.45) is 0. The maximum Gasteiger partial charge on any atom is 0.251 e. The van der Waals surface area contributed by atoms with Crippen LogP contribution in [0.3, 0.4) is 0 Å². The van der Waals surface area contributed by atoms with Gasteiger partial charge in [0, 0.05) is 24.2 Å². The minimum atomic E-state index is -0.194. The first-order chi connectivity index (χ1) is 8.10. The van der Waals surface area contributed by atoms with E-state index in [2.05, 4.69) is 5.32 Å². The minimum absolute atomic E-state index is 0. The van der Waals surface area contributed by atoms with Crippen molar-refractivity contribution in [3.63, 3.8) is 0 Å². The summed E-state index contributed by atoms with van der Waals surface area (Å²) in [5.74, 6) is 0.963. The van der Waals surface area contributed by atoms with Gasteiger partial charge in [0.25, 0.3) is 5.91 Å². The highest BCUT2D eigenvalue weighted by molar-refractivity contribution is 5.95. The molecule has 0 aromatic heterocycles. The third-order valence-electron chi connectivity index (χ3n) is 2.34. The molecule has 1 atom stereocenters. The lowest BCUT2D eigenvalue weighted by atomic mass is 10.1. The number of nitrogens with one attached hydrogen (secondary N) is 1. The molecule has 0 spiro atoms. The van der Waals surface area contributed by atoms with Gasteiger partial charge in [-0.3, -0.25) is 4.79 Å². The summed E-state index contributed by atoms with van der Waals surface area (Å²) in [4.78, 5) is 11.9. The Morgan fingerprint density at radius 3 is 2.17 bits per heavy atom. The number of nitrogens with two attached hydrogens (primary N) is 1. The van der Waals surface area contributed by atoms with E-state index < -0.39 is 0 Å².